The van der Waals surface area contributed by atoms with E-state index in [0.717, 1.165) is 6.08 Å². The molecule has 6 rings (SSSR count). The van der Waals surface area contributed by atoms with Gasteiger partial charge in [-0.1, -0.05) is 66.2 Å². The summed E-state index contributed by atoms with van der Waals surface area (Å²) in [6.45, 7) is 10.0. The summed E-state index contributed by atoms with van der Waals surface area (Å²) in [5.74, 6) is -10.4. The SMILES string of the molecule is CCCC1O[C@@H]2C[C@H]3[C@@H]4C[C@H](F)C5=CC(=O)C=C[C@]5(C)[C@@]4(F)[C@@H](O)C[C@]3(C)[C@]2(C(=O)COC(=O)[C@@H](CC(=O)[C@H](CO)NC(=O)OCc2ccc(NC(=O)[C@H](CCCNC(N)=O)CC(=O)[C@@H](NC(=O)[C@@H](N)CCC(=O)O)C(C)C)cc2)CC(C)C)O1.S. The van der Waals surface area contributed by atoms with Crippen molar-refractivity contribution < 1.29 is 91.0 Å². The second-order valence-corrected chi connectivity index (χ2v) is 24.5. The molecule has 4 aliphatic carbocycles. The molecule has 23 nitrogen and oxygen atoms in total. The Hall–Kier alpha value is -6.19. The number of carbonyl (C=O) groups is 10. The first kappa shape index (κ1) is 70.6. The highest BCUT2D eigenvalue weighted by Crippen LogP contribution is 2.72. The Morgan fingerprint density at radius 1 is 0.907 bits per heavy atom. The minimum Gasteiger partial charge on any atom is -0.481 e. The molecule has 0 spiro atoms. The minimum atomic E-state index is -2.44. The molecule has 4 fully saturated rings. The Morgan fingerprint density at radius 2 is 1.58 bits per heavy atom. The molecule has 26 heteroatoms. The van der Waals surface area contributed by atoms with Crippen molar-refractivity contribution in [2.45, 2.75) is 186 Å². The lowest BCUT2D eigenvalue weighted by Crippen LogP contribution is -2.71. The van der Waals surface area contributed by atoms with Crippen molar-refractivity contribution in [2.24, 2.45) is 57.8 Å². The Labute approximate surface area is 506 Å². The number of anilines is 1. The van der Waals surface area contributed by atoms with E-state index in [0.29, 0.717) is 24.1 Å². The first-order valence-corrected chi connectivity index (χ1v) is 29.3. The van der Waals surface area contributed by atoms with Gasteiger partial charge in [-0.05, 0) is 111 Å². The molecule has 1 heterocycles. The number of carbonyl (C=O) groups excluding carboxylic acids is 9. The van der Waals surface area contributed by atoms with Crippen LogP contribution in [0.3, 0.4) is 0 Å². The van der Waals surface area contributed by atoms with E-state index >= 15 is 8.78 Å². The molecule has 0 bridgehead atoms. The number of ketones is 4. The summed E-state index contributed by atoms with van der Waals surface area (Å²) in [4.78, 5) is 130. The van der Waals surface area contributed by atoms with E-state index in [9.17, 15) is 58.2 Å². The molecule has 5 aliphatic rings. The highest BCUT2D eigenvalue weighted by molar-refractivity contribution is 7.59. The highest BCUT2D eigenvalue weighted by atomic mass is 32.1. The van der Waals surface area contributed by atoms with Crippen LogP contribution in [0.2, 0.25) is 0 Å². The topological polar surface area (TPSA) is 368 Å². The number of aliphatic hydroxyl groups is 2. The Bertz CT molecular complexity index is 2750. The van der Waals surface area contributed by atoms with Crippen LogP contribution in [0.1, 0.15) is 131 Å². The number of amides is 5. The molecule has 1 aliphatic heterocycles. The molecule has 5 amide bonds. The largest absolute Gasteiger partial charge is 0.481 e. The van der Waals surface area contributed by atoms with E-state index < -0.39 is 173 Å². The van der Waals surface area contributed by atoms with Gasteiger partial charge in [0.25, 0.3) is 0 Å². The summed E-state index contributed by atoms with van der Waals surface area (Å²) in [6.07, 6.45) is -3.35. The lowest BCUT2D eigenvalue weighted by atomic mass is 9.44. The number of hydrogen-bond acceptors (Lipinski definition) is 17. The zero-order valence-electron chi connectivity index (χ0n) is 49.8. The zero-order chi connectivity index (χ0) is 62.9. The van der Waals surface area contributed by atoms with Crippen LogP contribution in [-0.2, 0) is 63.9 Å². The number of carboxylic acids is 1. The van der Waals surface area contributed by atoms with Gasteiger partial charge < -0.3 is 67.0 Å². The number of carboxylic acid groups (broad SMARTS) is 1. The number of hydrogen-bond donors (Lipinski definition) is 9. The number of urea groups is 1. The van der Waals surface area contributed by atoms with Crippen molar-refractivity contribution in [1.82, 2.24) is 16.0 Å². The predicted molar refractivity (Wildman–Crippen MR) is 311 cm³/mol. The number of fused-ring (bicyclic) bond motifs is 7. The standard InChI is InChI=1S/C60H84F2N6O17.H2S/c1-8-10-50-84-48-26-38-39-25-41(61)40-24-37(70)18-19-57(40,6)59(39,62)46(73)27-58(38,7)60(48,85-50)47(74)30-82-54(79)35(21-31(2)3)23-44(71)43(28-69)67-56(81)83-29-33-12-14-36(15-13-33)66-52(77)34(11-9-20-65-55(64)80)22-45(72)51(32(4)5)68-53(78)42(63)16-17-49(75)76;/h12-15,18-19,24,31-32,34-35,38-39,41-43,46,48,50-51,69,73H,8-11,16-17,20-23,25-30,63H2,1-7H3,(H,66,77)(H,67,81)(H,68,78)(H,75,76)(H3,64,65,80);1H2/t34-,35-,38+,39+,41+,42+,43+,46+,48-,50?,51+,57+,58+,59+,60-;/m1./s1. The maximum atomic E-state index is 18.0. The average Bonchev–Trinajstić information content (AvgIpc) is 1.38. The summed E-state index contributed by atoms with van der Waals surface area (Å²) < 4.78 is 58.2. The van der Waals surface area contributed by atoms with Gasteiger partial charge in [-0.3, -0.25) is 38.4 Å². The van der Waals surface area contributed by atoms with Crippen LogP contribution in [0.15, 0.2) is 48.1 Å². The normalized spacial score (nSPS) is 28.8. The van der Waals surface area contributed by atoms with Crippen molar-refractivity contribution in [3.8, 4) is 0 Å². The van der Waals surface area contributed by atoms with Gasteiger partial charge in [0.1, 0.15) is 18.8 Å². The third-order valence-corrected chi connectivity index (χ3v) is 17.9. The molecule has 11 N–H and O–H groups in total. The first-order chi connectivity index (χ1) is 39.9. The van der Waals surface area contributed by atoms with Crippen LogP contribution in [0.5, 0.6) is 0 Å². The van der Waals surface area contributed by atoms with Crippen molar-refractivity contribution in [2.75, 3.05) is 25.1 Å². The second-order valence-electron chi connectivity index (χ2n) is 24.5. The predicted octanol–water partition coefficient (Wildman–Crippen LogP) is 4.62. The van der Waals surface area contributed by atoms with E-state index in [-0.39, 0.29) is 95.9 Å². The van der Waals surface area contributed by atoms with Gasteiger partial charge in [-0.2, -0.15) is 13.5 Å². The summed E-state index contributed by atoms with van der Waals surface area (Å²) in [5, 5.41) is 41.3. The monoisotopic (exact) mass is 1230 g/mol. The number of Topliss-reactive ketones (excluding diaryl/α,β-unsaturated/α-hetero) is 3. The fraction of sp³-hybridized carbons (Fsp3) is 0.667. The Balaban J connectivity index is 0.0000135. The van der Waals surface area contributed by atoms with Crippen LogP contribution in [0, 0.1) is 46.3 Å². The number of aliphatic carboxylic acids is 1. The maximum Gasteiger partial charge on any atom is 0.408 e. The van der Waals surface area contributed by atoms with Crippen LogP contribution >= 0.6 is 13.5 Å². The minimum absolute atomic E-state index is 0. The summed E-state index contributed by atoms with van der Waals surface area (Å²) in [7, 11) is 0. The molecule has 478 valence electrons. The maximum absolute atomic E-state index is 18.0. The molecule has 1 saturated heterocycles. The van der Waals surface area contributed by atoms with Gasteiger partial charge in [0.2, 0.25) is 17.6 Å². The van der Waals surface area contributed by atoms with E-state index in [1.165, 1.54) is 43.3 Å². The third-order valence-electron chi connectivity index (χ3n) is 17.9. The highest BCUT2D eigenvalue weighted by Gasteiger charge is 2.80. The number of halogens is 2. The van der Waals surface area contributed by atoms with Crippen LogP contribution in [0.25, 0.3) is 0 Å². The number of primary amides is 1. The Kier molecular flexibility index (Phi) is 24.3. The first-order valence-electron chi connectivity index (χ1n) is 29.3. The number of esters is 1. The molecule has 15 atom stereocenters. The number of nitrogens with one attached hydrogen (secondary N) is 4. The van der Waals surface area contributed by atoms with Crippen molar-refractivity contribution in [3.63, 3.8) is 0 Å². The number of alkyl carbamates (subject to hydrolysis) is 1. The summed E-state index contributed by atoms with van der Waals surface area (Å²) in [6, 6.07) is 1.49. The van der Waals surface area contributed by atoms with Crippen molar-refractivity contribution in [3.05, 3.63) is 53.6 Å². The van der Waals surface area contributed by atoms with Gasteiger partial charge in [0, 0.05) is 54.2 Å². The lowest BCUT2D eigenvalue weighted by molar-refractivity contribution is -0.235. The number of allylic oxidation sites excluding steroid dienone is 4. The molecule has 3 saturated carbocycles. The number of benzene rings is 1. The number of ether oxygens (including phenoxy) is 4. The summed E-state index contributed by atoms with van der Waals surface area (Å²) in [5.41, 5.74) is 4.40. The van der Waals surface area contributed by atoms with Gasteiger partial charge in [0.15, 0.2) is 41.5 Å². The molecule has 1 aromatic rings. The molecule has 0 radical (unpaired) electrons. The van der Waals surface area contributed by atoms with E-state index in [2.05, 4.69) is 21.3 Å². The van der Waals surface area contributed by atoms with Gasteiger partial charge in [-0.25, -0.2) is 18.4 Å². The molecule has 0 aromatic heterocycles. The Morgan fingerprint density at radius 3 is 2.20 bits per heavy atom. The van der Waals surface area contributed by atoms with Gasteiger partial charge >= 0.3 is 24.1 Å². The van der Waals surface area contributed by atoms with Gasteiger partial charge in [0.05, 0.1) is 36.8 Å². The van der Waals surface area contributed by atoms with E-state index in [1.54, 1.807) is 34.6 Å². The van der Waals surface area contributed by atoms with E-state index in [4.69, 9.17) is 35.5 Å². The molecule has 86 heavy (non-hydrogen) atoms. The fourth-order valence-electron chi connectivity index (χ4n) is 13.5. The number of alkyl halides is 2. The third kappa shape index (κ3) is 15.4. The second kappa shape index (κ2) is 29.7. The number of aliphatic hydroxyl groups excluding tert-OH is 2. The molecule has 1 unspecified atom stereocenters. The van der Waals surface area contributed by atoms with Crippen LogP contribution in [-0.4, -0.2) is 148 Å². The zero-order valence-corrected chi connectivity index (χ0v) is 50.8. The van der Waals surface area contributed by atoms with Crippen molar-refractivity contribution in [1.29, 1.82) is 0 Å². The lowest BCUT2D eigenvalue weighted by Gasteiger charge is -2.63. The average molecular weight is 1230 g/mol. The summed E-state index contributed by atoms with van der Waals surface area (Å²) >= 11 is 0. The van der Waals surface area contributed by atoms with E-state index in [1.807, 2.05) is 6.92 Å². The number of rotatable bonds is 30. The van der Waals surface area contributed by atoms with Gasteiger partial charge in [-0.15, -0.1) is 0 Å². The molecule has 1 aromatic carbocycles. The number of nitrogens with two attached hydrogens (primary N) is 2. The van der Waals surface area contributed by atoms with Crippen LogP contribution in [0.4, 0.5) is 24.1 Å². The van der Waals surface area contributed by atoms with Crippen LogP contribution < -0.4 is 32.7 Å². The molecular formula is C60H86F2N6O17S. The molecular weight excluding hydrogens is 1150 g/mol. The smallest absolute Gasteiger partial charge is 0.408 e. The fourth-order valence-corrected chi connectivity index (χ4v) is 13.5. The van der Waals surface area contributed by atoms with Crippen molar-refractivity contribution >= 4 is 78.2 Å². The quantitative estimate of drug-likeness (QED) is 0.0375.